The summed E-state index contributed by atoms with van der Waals surface area (Å²) in [6, 6.07) is 10.7. The van der Waals surface area contributed by atoms with Crippen molar-refractivity contribution in [3.05, 3.63) is 71.8 Å². The summed E-state index contributed by atoms with van der Waals surface area (Å²) in [5, 5.41) is 0. The zero-order valence-corrected chi connectivity index (χ0v) is 15.2. The number of nitrogens with zero attached hydrogens (tertiary/aromatic N) is 2. The molecule has 0 aromatic heterocycles. The molecule has 0 radical (unpaired) electrons. The number of hydrogen-bond acceptors (Lipinski definition) is 3. The van der Waals surface area contributed by atoms with Crippen LogP contribution < -0.4 is 0 Å². The highest BCUT2D eigenvalue weighted by Gasteiger charge is 2.29. The second-order valence-electron chi connectivity index (χ2n) is 6.04. The monoisotopic (exact) mass is 392 g/mol. The lowest BCUT2D eigenvalue weighted by Gasteiger charge is -2.33. The lowest BCUT2D eigenvalue weighted by Crippen LogP contribution is -2.50. The first-order valence-electron chi connectivity index (χ1n) is 8.35. The van der Waals surface area contributed by atoms with E-state index in [9.17, 15) is 22.0 Å². The van der Waals surface area contributed by atoms with Gasteiger partial charge >= 0.3 is 0 Å². The van der Waals surface area contributed by atoms with Gasteiger partial charge in [-0.3, -0.25) is 4.79 Å². The Labute approximate surface area is 156 Å². The Bertz CT molecular complexity index is 951. The lowest BCUT2D eigenvalue weighted by atomic mass is 10.2. The Morgan fingerprint density at radius 2 is 1.56 bits per heavy atom. The van der Waals surface area contributed by atoms with Crippen molar-refractivity contribution in [2.75, 3.05) is 26.2 Å². The predicted molar refractivity (Wildman–Crippen MR) is 97.2 cm³/mol. The molecule has 1 saturated heterocycles. The third kappa shape index (κ3) is 4.40. The second kappa shape index (κ2) is 7.98. The second-order valence-corrected chi connectivity index (χ2v) is 7.98. The van der Waals surface area contributed by atoms with E-state index in [1.54, 1.807) is 18.2 Å². The van der Waals surface area contributed by atoms with Gasteiger partial charge in [-0.15, -0.1) is 0 Å². The summed E-state index contributed by atoms with van der Waals surface area (Å²) in [5.74, 6) is -1.24. The maximum absolute atomic E-state index is 13.6. The quantitative estimate of drug-likeness (QED) is 0.752. The van der Waals surface area contributed by atoms with Gasteiger partial charge in [0.2, 0.25) is 15.9 Å². The van der Waals surface area contributed by atoms with Crippen LogP contribution >= 0.6 is 0 Å². The van der Waals surface area contributed by atoms with E-state index in [0.29, 0.717) is 5.56 Å². The number of amides is 1. The summed E-state index contributed by atoms with van der Waals surface area (Å²) >= 11 is 0. The van der Waals surface area contributed by atoms with E-state index in [1.165, 1.54) is 39.6 Å². The van der Waals surface area contributed by atoms with Crippen LogP contribution in [0.5, 0.6) is 0 Å². The zero-order valence-electron chi connectivity index (χ0n) is 14.4. The SMILES string of the molecule is O=C(/C=C/c1ccccc1F)N1CCN(S(=O)(=O)c2ccc(F)cc2)CC1. The third-order valence-electron chi connectivity index (χ3n) is 4.31. The van der Waals surface area contributed by atoms with E-state index in [1.807, 2.05) is 0 Å². The van der Waals surface area contributed by atoms with E-state index in [2.05, 4.69) is 0 Å². The van der Waals surface area contributed by atoms with Crippen LogP contribution in [0.4, 0.5) is 8.78 Å². The molecule has 1 fully saturated rings. The van der Waals surface area contributed by atoms with Gasteiger partial charge in [-0.25, -0.2) is 17.2 Å². The Balaban J connectivity index is 1.62. The first kappa shape index (κ1) is 19.2. The molecule has 0 saturated carbocycles. The number of hydrogen-bond donors (Lipinski definition) is 0. The Hall–Kier alpha value is -2.58. The molecule has 2 aromatic rings. The van der Waals surface area contributed by atoms with Gasteiger partial charge in [-0.1, -0.05) is 18.2 Å². The number of rotatable bonds is 4. The smallest absolute Gasteiger partial charge is 0.246 e. The Morgan fingerprint density at radius 1 is 0.926 bits per heavy atom. The normalized spacial score (nSPS) is 16.0. The number of piperazine rings is 1. The average Bonchev–Trinajstić information content (AvgIpc) is 2.67. The van der Waals surface area contributed by atoms with Crippen LogP contribution in [0.15, 0.2) is 59.5 Å². The molecule has 5 nitrogen and oxygen atoms in total. The fourth-order valence-electron chi connectivity index (χ4n) is 2.78. The van der Waals surface area contributed by atoms with Crippen molar-refractivity contribution in [3.8, 4) is 0 Å². The molecule has 2 aromatic carbocycles. The highest BCUT2D eigenvalue weighted by molar-refractivity contribution is 7.89. The van der Waals surface area contributed by atoms with E-state index >= 15 is 0 Å². The van der Waals surface area contributed by atoms with Gasteiger partial charge in [0.15, 0.2) is 0 Å². The predicted octanol–water partition coefficient (Wildman–Crippen LogP) is 2.51. The van der Waals surface area contributed by atoms with Crippen LogP contribution in [0.1, 0.15) is 5.56 Å². The molecule has 0 bridgehead atoms. The van der Waals surface area contributed by atoms with E-state index < -0.39 is 21.7 Å². The summed E-state index contributed by atoms with van der Waals surface area (Å²) < 4.78 is 53.0. The van der Waals surface area contributed by atoms with Crippen LogP contribution in [-0.2, 0) is 14.8 Å². The molecular weight excluding hydrogens is 374 g/mol. The van der Waals surface area contributed by atoms with Crippen LogP contribution in [0.3, 0.4) is 0 Å². The van der Waals surface area contributed by atoms with Crippen molar-refractivity contribution >= 4 is 22.0 Å². The number of carbonyl (C=O) groups is 1. The van der Waals surface area contributed by atoms with Crippen LogP contribution in [0.2, 0.25) is 0 Å². The Kier molecular flexibility index (Phi) is 5.67. The van der Waals surface area contributed by atoms with Crippen molar-refractivity contribution in [2.24, 2.45) is 0 Å². The molecule has 0 unspecified atom stereocenters. The van der Waals surface area contributed by atoms with Gasteiger partial charge in [0.1, 0.15) is 11.6 Å². The van der Waals surface area contributed by atoms with Gasteiger partial charge in [0.25, 0.3) is 0 Å². The van der Waals surface area contributed by atoms with Crippen molar-refractivity contribution < 1.29 is 22.0 Å². The summed E-state index contributed by atoms with van der Waals surface area (Å²) in [7, 11) is -3.73. The fraction of sp³-hybridized carbons (Fsp3) is 0.211. The molecule has 1 amide bonds. The highest BCUT2D eigenvalue weighted by atomic mass is 32.2. The number of benzene rings is 2. The molecule has 142 valence electrons. The molecule has 8 heteroatoms. The maximum Gasteiger partial charge on any atom is 0.246 e. The standard InChI is InChI=1S/C19H18F2N2O3S/c20-16-6-8-17(9-7-16)27(25,26)23-13-11-22(12-14-23)19(24)10-5-15-3-1-2-4-18(15)21/h1-10H,11-14H2/b10-5+. The molecule has 1 aliphatic rings. The molecule has 0 atom stereocenters. The number of carbonyl (C=O) groups excluding carboxylic acids is 1. The summed E-state index contributed by atoms with van der Waals surface area (Å²) in [5.41, 5.74) is 0.309. The van der Waals surface area contributed by atoms with Gasteiger partial charge in [0, 0.05) is 37.8 Å². The largest absolute Gasteiger partial charge is 0.337 e. The van der Waals surface area contributed by atoms with Gasteiger partial charge < -0.3 is 4.90 Å². The fourth-order valence-corrected chi connectivity index (χ4v) is 4.20. The minimum atomic E-state index is -3.73. The average molecular weight is 392 g/mol. The highest BCUT2D eigenvalue weighted by Crippen LogP contribution is 2.18. The molecule has 1 heterocycles. The minimum Gasteiger partial charge on any atom is -0.337 e. The molecule has 27 heavy (non-hydrogen) atoms. The van der Waals surface area contributed by atoms with Gasteiger partial charge in [-0.2, -0.15) is 4.31 Å². The minimum absolute atomic E-state index is 0.0168. The molecule has 0 aliphatic carbocycles. The first-order chi connectivity index (χ1) is 12.9. The third-order valence-corrected chi connectivity index (χ3v) is 6.23. The molecule has 3 rings (SSSR count). The van der Waals surface area contributed by atoms with Crippen LogP contribution in [-0.4, -0.2) is 49.7 Å². The van der Waals surface area contributed by atoms with Crippen LogP contribution in [0, 0.1) is 11.6 Å². The van der Waals surface area contributed by atoms with Crippen molar-refractivity contribution in [2.45, 2.75) is 4.90 Å². The van der Waals surface area contributed by atoms with E-state index in [-0.39, 0.29) is 37.0 Å². The van der Waals surface area contributed by atoms with Gasteiger partial charge in [0.05, 0.1) is 4.90 Å². The Morgan fingerprint density at radius 3 is 2.19 bits per heavy atom. The molecular formula is C19H18F2N2O3S. The summed E-state index contributed by atoms with van der Waals surface area (Å²) in [6.45, 7) is 0.722. The topological polar surface area (TPSA) is 57.7 Å². The number of halogens is 2. The zero-order chi connectivity index (χ0) is 19.4. The first-order valence-corrected chi connectivity index (χ1v) is 9.79. The molecule has 0 spiro atoms. The van der Waals surface area contributed by atoms with Crippen LogP contribution in [0.25, 0.3) is 6.08 Å². The maximum atomic E-state index is 13.6. The van der Waals surface area contributed by atoms with Crippen molar-refractivity contribution in [1.29, 1.82) is 0 Å². The number of sulfonamides is 1. The summed E-state index contributed by atoms with van der Waals surface area (Å²) in [6.07, 6.45) is 2.68. The summed E-state index contributed by atoms with van der Waals surface area (Å²) in [4.78, 5) is 13.8. The molecule has 0 N–H and O–H groups in total. The van der Waals surface area contributed by atoms with Crippen molar-refractivity contribution in [1.82, 2.24) is 9.21 Å². The lowest BCUT2D eigenvalue weighted by molar-refractivity contribution is -0.127. The van der Waals surface area contributed by atoms with Crippen molar-refractivity contribution in [3.63, 3.8) is 0 Å². The molecule has 1 aliphatic heterocycles. The van der Waals surface area contributed by atoms with Gasteiger partial charge in [-0.05, 0) is 36.4 Å². The van der Waals surface area contributed by atoms with E-state index in [4.69, 9.17) is 0 Å². The van der Waals surface area contributed by atoms with E-state index in [0.717, 1.165) is 12.1 Å².